The zero-order chi connectivity index (χ0) is 18.9. The minimum Gasteiger partial charge on any atom is -0.504 e. The lowest BCUT2D eigenvalue weighted by Gasteiger charge is -2.07. The van der Waals surface area contributed by atoms with E-state index in [1.54, 1.807) is 0 Å². The van der Waals surface area contributed by atoms with Crippen LogP contribution in [-0.4, -0.2) is 34.1 Å². The zero-order valence-electron chi connectivity index (χ0n) is 12.9. The molecule has 1 aromatic heterocycles. The molecule has 9 nitrogen and oxygen atoms in total. The SMILES string of the molecule is O=C(O)c1ccc(N=Nc2cc(S(=O)(=O)O)c3cccnc3c2O)cc1. The van der Waals surface area contributed by atoms with Crippen molar-refractivity contribution >= 4 is 38.4 Å². The maximum absolute atomic E-state index is 11.6. The van der Waals surface area contributed by atoms with Crippen molar-refractivity contribution in [3.05, 3.63) is 54.2 Å². The van der Waals surface area contributed by atoms with E-state index in [1.165, 1.54) is 42.6 Å². The van der Waals surface area contributed by atoms with Gasteiger partial charge in [0.2, 0.25) is 0 Å². The van der Waals surface area contributed by atoms with Gasteiger partial charge in [0, 0.05) is 11.6 Å². The third kappa shape index (κ3) is 3.36. The Morgan fingerprint density at radius 1 is 1.08 bits per heavy atom. The van der Waals surface area contributed by atoms with Gasteiger partial charge in [-0.2, -0.15) is 13.5 Å². The van der Waals surface area contributed by atoms with Gasteiger partial charge >= 0.3 is 5.97 Å². The molecule has 0 unspecified atom stereocenters. The summed E-state index contributed by atoms with van der Waals surface area (Å²) in [5.74, 6) is -1.50. The number of carbonyl (C=O) groups is 1. The summed E-state index contributed by atoms with van der Waals surface area (Å²) >= 11 is 0. The summed E-state index contributed by atoms with van der Waals surface area (Å²) in [5.41, 5.74) is 0.0724. The van der Waals surface area contributed by atoms with Crippen LogP contribution >= 0.6 is 0 Å². The molecule has 10 heteroatoms. The van der Waals surface area contributed by atoms with E-state index in [1.807, 2.05) is 0 Å². The number of fused-ring (bicyclic) bond motifs is 1. The van der Waals surface area contributed by atoms with Crippen molar-refractivity contribution in [3.63, 3.8) is 0 Å². The predicted octanol–water partition coefficient (Wildman–Crippen LogP) is 3.30. The Kier molecular flexibility index (Phi) is 4.36. The Bertz CT molecular complexity index is 1140. The molecular formula is C16H11N3O6S. The van der Waals surface area contributed by atoms with Crippen LogP contribution in [0.15, 0.2) is 63.8 Å². The monoisotopic (exact) mass is 373 g/mol. The minimum atomic E-state index is -4.58. The van der Waals surface area contributed by atoms with E-state index in [-0.39, 0.29) is 27.8 Å². The van der Waals surface area contributed by atoms with Gasteiger partial charge in [-0.1, -0.05) is 0 Å². The number of benzene rings is 2. The highest BCUT2D eigenvalue weighted by Crippen LogP contribution is 2.38. The Labute approximate surface area is 147 Å². The number of hydrogen-bond donors (Lipinski definition) is 3. The number of azo groups is 1. The van der Waals surface area contributed by atoms with Crippen LogP contribution in [0, 0.1) is 0 Å². The number of carboxylic acid groups (broad SMARTS) is 1. The van der Waals surface area contributed by atoms with E-state index < -0.39 is 26.7 Å². The van der Waals surface area contributed by atoms with Crippen LogP contribution in [-0.2, 0) is 10.1 Å². The van der Waals surface area contributed by atoms with Gasteiger partial charge in [-0.15, -0.1) is 5.11 Å². The Hall–Kier alpha value is -3.37. The number of carboxylic acids is 1. The first-order chi connectivity index (χ1) is 12.3. The number of hydrogen-bond acceptors (Lipinski definition) is 7. The quantitative estimate of drug-likeness (QED) is 0.469. The predicted molar refractivity (Wildman–Crippen MR) is 90.8 cm³/mol. The number of phenolic OH excluding ortho intramolecular Hbond substituents is 1. The molecule has 0 bridgehead atoms. The average molecular weight is 373 g/mol. The van der Waals surface area contributed by atoms with Crippen LogP contribution in [0.5, 0.6) is 5.75 Å². The number of aromatic hydroxyl groups is 1. The standard InChI is InChI=1S/C16H11N3O6S/c20-15-12(19-18-10-5-3-9(4-6-10)16(21)22)8-13(26(23,24)25)11-2-1-7-17-14(11)15/h1-8,20H,(H,21,22)(H,23,24,25). The van der Waals surface area contributed by atoms with Gasteiger partial charge in [0.1, 0.15) is 16.1 Å². The average Bonchev–Trinajstić information content (AvgIpc) is 2.60. The van der Waals surface area contributed by atoms with Crippen molar-refractivity contribution in [1.29, 1.82) is 0 Å². The molecule has 2 aromatic carbocycles. The number of phenols is 1. The molecule has 0 saturated heterocycles. The van der Waals surface area contributed by atoms with Crippen LogP contribution in [0.1, 0.15) is 10.4 Å². The second-order valence-corrected chi connectivity index (χ2v) is 6.56. The Balaban J connectivity index is 2.10. The van der Waals surface area contributed by atoms with E-state index in [4.69, 9.17) is 5.11 Å². The minimum absolute atomic E-state index is 0.0391. The molecule has 0 saturated carbocycles. The third-order valence-electron chi connectivity index (χ3n) is 3.47. The molecule has 3 aromatic rings. The molecule has 132 valence electrons. The topological polar surface area (TPSA) is 150 Å². The van der Waals surface area contributed by atoms with Gasteiger partial charge in [-0.25, -0.2) is 4.79 Å². The largest absolute Gasteiger partial charge is 0.504 e. The first-order valence-electron chi connectivity index (χ1n) is 7.10. The highest BCUT2D eigenvalue weighted by atomic mass is 32.2. The van der Waals surface area contributed by atoms with Crippen LogP contribution in [0.4, 0.5) is 11.4 Å². The molecule has 0 aliphatic rings. The zero-order valence-corrected chi connectivity index (χ0v) is 13.8. The summed E-state index contributed by atoms with van der Waals surface area (Å²) < 4.78 is 32.6. The molecular weight excluding hydrogens is 362 g/mol. The van der Waals surface area contributed by atoms with Crippen molar-refractivity contribution in [2.45, 2.75) is 4.90 Å². The highest BCUT2D eigenvalue weighted by molar-refractivity contribution is 7.86. The van der Waals surface area contributed by atoms with Crippen molar-refractivity contribution in [1.82, 2.24) is 4.98 Å². The smallest absolute Gasteiger partial charge is 0.335 e. The van der Waals surface area contributed by atoms with E-state index in [2.05, 4.69) is 15.2 Å². The van der Waals surface area contributed by atoms with E-state index in [9.17, 15) is 22.9 Å². The van der Waals surface area contributed by atoms with Crippen molar-refractivity contribution in [2.24, 2.45) is 10.2 Å². The van der Waals surface area contributed by atoms with E-state index >= 15 is 0 Å². The van der Waals surface area contributed by atoms with Gasteiger partial charge in [-0.05, 0) is 42.5 Å². The Morgan fingerprint density at radius 3 is 2.38 bits per heavy atom. The van der Waals surface area contributed by atoms with Gasteiger partial charge in [0.15, 0.2) is 5.75 Å². The van der Waals surface area contributed by atoms with Gasteiger partial charge in [0.05, 0.1) is 11.3 Å². The van der Waals surface area contributed by atoms with Crippen molar-refractivity contribution < 1.29 is 28.0 Å². The van der Waals surface area contributed by atoms with Crippen molar-refractivity contribution in [3.8, 4) is 5.75 Å². The molecule has 0 aliphatic heterocycles. The summed E-state index contributed by atoms with van der Waals surface area (Å²) in [6.07, 6.45) is 1.35. The molecule has 0 atom stereocenters. The number of rotatable bonds is 4. The number of aromatic nitrogens is 1. The lowest BCUT2D eigenvalue weighted by atomic mass is 10.2. The molecule has 0 spiro atoms. The first-order valence-corrected chi connectivity index (χ1v) is 8.54. The fraction of sp³-hybridized carbons (Fsp3) is 0. The lowest BCUT2D eigenvalue weighted by Crippen LogP contribution is -1.99. The van der Waals surface area contributed by atoms with E-state index in [0.717, 1.165) is 6.07 Å². The fourth-order valence-electron chi connectivity index (χ4n) is 2.26. The number of nitrogens with zero attached hydrogens (tertiary/aromatic N) is 3. The second-order valence-electron chi connectivity index (χ2n) is 5.17. The second kappa shape index (κ2) is 6.50. The maximum atomic E-state index is 11.6. The van der Waals surface area contributed by atoms with Crippen LogP contribution in [0.25, 0.3) is 10.9 Å². The van der Waals surface area contributed by atoms with Gasteiger partial charge < -0.3 is 10.2 Å². The summed E-state index contributed by atoms with van der Waals surface area (Å²) in [7, 11) is -4.58. The van der Waals surface area contributed by atoms with Crippen LogP contribution in [0.3, 0.4) is 0 Å². The number of pyridine rings is 1. The van der Waals surface area contributed by atoms with Gasteiger partial charge in [0.25, 0.3) is 10.1 Å². The molecule has 1 heterocycles. The van der Waals surface area contributed by atoms with Crippen LogP contribution in [0.2, 0.25) is 0 Å². The molecule has 0 aliphatic carbocycles. The highest BCUT2D eigenvalue weighted by Gasteiger charge is 2.20. The van der Waals surface area contributed by atoms with E-state index in [0.29, 0.717) is 0 Å². The summed E-state index contributed by atoms with van der Waals surface area (Å²) in [4.78, 5) is 14.3. The number of aromatic carboxylic acids is 1. The normalized spacial score (nSPS) is 11.9. The molecule has 3 rings (SSSR count). The molecule has 0 radical (unpaired) electrons. The fourth-order valence-corrected chi connectivity index (χ4v) is 2.96. The molecule has 3 N–H and O–H groups in total. The van der Waals surface area contributed by atoms with Gasteiger partial charge in [-0.3, -0.25) is 9.54 Å². The summed E-state index contributed by atoms with van der Waals surface area (Å²) in [6, 6.07) is 9.26. The van der Waals surface area contributed by atoms with Crippen molar-refractivity contribution in [2.75, 3.05) is 0 Å². The lowest BCUT2D eigenvalue weighted by molar-refractivity contribution is 0.0697. The molecule has 0 fully saturated rings. The summed E-state index contributed by atoms with van der Waals surface area (Å²) in [5, 5.41) is 26.8. The third-order valence-corrected chi connectivity index (χ3v) is 4.37. The van der Waals surface area contributed by atoms with Crippen LogP contribution < -0.4 is 0 Å². The molecule has 26 heavy (non-hydrogen) atoms. The first kappa shape index (κ1) is 17.5. The summed E-state index contributed by atoms with van der Waals surface area (Å²) in [6.45, 7) is 0. The molecule has 0 amide bonds. The Morgan fingerprint density at radius 2 is 1.77 bits per heavy atom. The maximum Gasteiger partial charge on any atom is 0.335 e.